The summed E-state index contributed by atoms with van der Waals surface area (Å²) in [5.74, 6) is 1.90. The number of ketones is 1. The summed E-state index contributed by atoms with van der Waals surface area (Å²) in [7, 11) is 0. The van der Waals surface area contributed by atoms with Crippen molar-refractivity contribution in [2.45, 2.75) is 44.2 Å². The quantitative estimate of drug-likeness (QED) is 0.777. The Bertz CT molecular complexity index is 564. The lowest BCUT2D eigenvalue weighted by molar-refractivity contribution is -0.120. The number of nitrogens with one attached hydrogen (secondary N) is 1. The van der Waals surface area contributed by atoms with Crippen LogP contribution in [0.1, 0.15) is 42.5 Å². The molecular weight excluding hydrogens is 320 g/mol. The largest absolute Gasteiger partial charge is 0.352 e. The molecular formula is C19H26N2O2S. The summed E-state index contributed by atoms with van der Waals surface area (Å²) < 4.78 is 0. The molecule has 2 fully saturated rings. The number of hydrogen-bond acceptors (Lipinski definition) is 4. The van der Waals surface area contributed by atoms with E-state index < -0.39 is 0 Å². The van der Waals surface area contributed by atoms with Crippen LogP contribution in [0, 0.1) is 11.8 Å². The fraction of sp³-hybridized carbons (Fsp3) is 0.579. The Balaban J connectivity index is 1.44. The molecule has 2 bridgehead atoms. The number of thioether (sulfide) groups is 1. The Morgan fingerprint density at radius 3 is 2.42 bits per heavy atom. The van der Waals surface area contributed by atoms with E-state index in [1.807, 2.05) is 30.3 Å². The second-order valence-electron chi connectivity index (χ2n) is 7.06. The van der Waals surface area contributed by atoms with Gasteiger partial charge in [0.05, 0.1) is 11.5 Å². The van der Waals surface area contributed by atoms with Crippen molar-refractivity contribution in [2.24, 2.45) is 17.6 Å². The van der Waals surface area contributed by atoms with Crippen LogP contribution in [0.25, 0.3) is 0 Å². The number of fused-ring (bicyclic) bond motifs is 2. The van der Waals surface area contributed by atoms with Crippen LogP contribution in [0.2, 0.25) is 0 Å². The Morgan fingerprint density at radius 1 is 1.08 bits per heavy atom. The topological polar surface area (TPSA) is 72.2 Å². The van der Waals surface area contributed by atoms with Gasteiger partial charge in [0.25, 0.3) is 0 Å². The van der Waals surface area contributed by atoms with E-state index in [2.05, 4.69) is 5.32 Å². The van der Waals surface area contributed by atoms with Crippen molar-refractivity contribution in [2.75, 3.05) is 11.5 Å². The van der Waals surface area contributed by atoms with E-state index >= 15 is 0 Å². The molecule has 0 aliphatic heterocycles. The first-order valence-corrected chi connectivity index (χ1v) is 10.00. The van der Waals surface area contributed by atoms with Gasteiger partial charge in [0, 0.05) is 17.6 Å². The maximum Gasteiger partial charge on any atom is 0.230 e. The molecule has 2 aliphatic carbocycles. The van der Waals surface area contributed by atoms with Crippen molar-refractivity contribution in [1.82, 2.24) is 5.32 Å². The maximum atomic E-state index is 12.3. The molecule has 2 aliphatic rings. The molecule has 2 unspecified atom stereocenters. The molecule has 2 saturated carbocycles. The lowest BCUT2D eigenvalue weighted by Crippen LogP contribution is -2.54. The minimum absolute atomic E-state index is 0.0539. The molecule has 0 radical (unpaired) electrons. The lowest BCUT2D eigenvalue weighted by atomic mass is 9.67. The first kappa shape index (κ1) is 17.5. The lowest BCUT2D eigenvalue weighted by Gasteiger charge is -2.45. The average molecular weight is 346 g/mol. The maximum absolute atomic E-state index is 12.3. The average Bonchev–Trinajstić information content (AvgIpc) is 2.56. The third kappa shape index (κ3) is 4.39. The normalized spacial score (nSPS) is 29.0. The summed E-state index contributed by atoms with van der Waals surface area (Å²) in [4.78, 5) is 24.3. The Labute approximate surface area is 147 Å². The Morgan fingerprint density at radius 2 is 1.75 bits per heavy atom. The SMILES string of the molecule is NC1CC2CCCC(C1)C2NC(=O)CSCC(=O)c1ccccc1. The van der Waals surface area contributed by atoms with Crippen LogP contribution in [0.3, 0.4) is 0 Å². The second kappa shape index (κ2) is 8.17. The summed E-state index contributed by atoms with van der Waals surface area (Å²) in [6.45, 7) is 0. The van der Waals surface area contributed by atoms with Gasteiger partial charge in [-0.2, -0.15) is 0 Å². The van der Waals surface area contributed by atoms with Gasteiger partial charge >= 0.3 is 0 Å². The number of nitrogens with two attached hydrogens (primary N) is 1. The van der Waals surface area contributed by atoms with Gasteiger partial charge in [-0.05, 0) is 37.5 Å². The predicted molar refractivity (Wildman–Crippen MR) is 98.1 cm³/mol. The highest BCUT2D eigenvalue weighted by atomic mass is 32.2. The van der Waals surface area contributed by atoms with E-state index in [0.29, 0.717) is 34.9 Å². The molecule has 1 aromatic rings. The van der Waals surface area contributed by atoms with Crippen LogP contribution in [-0.2, 0) is 4.79 Å². The zero-order chi connectivity index (χ0) is 16.9. The van der Waals surface area contributed by atoms with Gasteiger partial charge in [0.2, 0.25) is 5.91 Å². The van der Waals surface area contributed by atoms with Gasteiger partial charge in [-0.25, -0.2) is 0 Å². The van der Waals surface area contributed by atoms with Crippen molar-refractivity contribution in [3.05, 3.63) is 35.9 Å². The molecule has 0 heterocycles. The summed E-state index contributed by atoms with van der Waals surface area (Å²) in [6, 6.07) is 9.83. The number of carbonyl (C=O) groups is 2. The van der Waals surface area contributed by atoms with Crippen LogP contribution in [0.4, 0.5) is 0 Å². The zero-order valence-electron chi connectivity index (χ0n) is 13.9. The first-order chi connectivity index (χ1) is 11.6. The van der Waals surface area contributed by atoms with Gasteiger partial charge < -0.3 is 11.1 Å². The van der Waals surface area contributed by atoms with E-state index in [1.54, 1.807) is 0 Å². The van der Waals surface area contributed by atoms with Crippen molar-refractivity contribution in [3.8, 4) is 0 Å². The van der Waals surface area contributed by atoms with Gasteiger partial charge in [0.15, 0.2) is 5.78 Å². The van der Waals surface area contributed by atoms with Crippen molar-refractivity contribution in [1.29, 1.82) is 0 Å². The molecule has 0 spiro atoms. The van der Waals surface area contributed by atoms with Gasteiger partial charge in [-0.1, -0.05) is 36.8 Å². The molecule has 5 heteroatoms. The van der Waals surface area contributed by atoms with Crippen LogP contribution < -0.4 is 11.1 Å². The van der Waals surface area contributed by atoms with Crippen molar-refractivity contribution >= 4 is 23.5 Å². The Kier molecular flexibility index (Phi) is 5.95. The number of carbonyl (C=O) groups excluding carboxylic acids is 2. The minimum Gasteiger partial charge on any atom is -0.352 e. The fourth-order valence-electron chi connectivity index (χ4n) is 4.20. The molecule has 3 N–H and O–H groups in total. The van der Waals surface area contributed by atoms with E-state index in [0.717, 1.165) is 12.8 Å². The first-order valence-electron chi connectivity index (χ1n) is 8.84. The summed E-state index contributed by atoms with van der Waals surface area (Å²) in [5, 5.41) is 3.23. The molecule has 1 amide bonds. The Hall–Kier alpha value is -1.33. The molecule has 0 saturated heterocycles. The van der Waals surface area contributed by atoms with Crippen molar-refractivity contribution in [3.63, 3.8) is 0 Å². The standard InChI is InChI=1S/C19H26N2O2S/c20-16-9-14-7-4-8-15(10-16)19(14)21-18(23)12-24-11-17(22)13-5-2-1-3-6-13/h1-3,5-6,14-16,19H,4,7-12,20H2,(H,21,23). The predicted octanol–water partition coefficient (Wildman–Crippen LogP) is 2.62. The molecule has 2 atom stereocenters. The summed E-state index contributed by atoms with van der Waals surface area (Å²) >= 11 is 1.40. The van der Waals surface area contributed by atoms with E-state index in [-0.39, 0.29) is 17.7 Å². The van der Waals surface area contributed by atoms with Gasteiger partial charge in [0.1, 0.15) is 0 Å². The number of Topliss-reactive ketones (excluding diaryl/α,β-unsaturated/α-hetero) is 1. The second-order valence-corrected chi connectivity index (χ2v) is 8.04. The number of benzene rings is 1. The molecule has 130 valence electrons. The monoisotopic (exact) mass is 346 g/mol. The number of hydrogen-bond donors (Lipinski definition) is 2. The van der Waals surface area contributed by atoms with Crippen LogP contribution in [-0.4, -0.2) is 35.3 Å². The highest BCUT2D eigenvalue weighted by molar-refractivity contribution is 8.00. The number of rotatable bonds is 6. The highest BCUT2D eigenvalue weighted by Crippen LogP contribution is 2.39. The fourth-order valence-corrected chi connectivity index (χ4v) is 4.92. The van der Waals surface area contributed by atoms with Crippen LogP contribution in [0.15, 0.2) is 30.3 Å². The van der Waals surface area contributed by atoms with E-state index in [1.165, 1.54) is 31.0 Å². The third-order valence-corrected chi connectivity index (χ3v) is 6.20. The number of amides is 1. The van der Waals surface area contributed by atoms with Gasteiger partial charge in [-0.3, -0.25) is 9.59 Å². The summed E-state index contributed by atoms with van der Waals surface area (Å²) in [5.41, 5.74) is 6.84. The smallest absolute Gasteiger partial charge is 0.230 e. The molecule has 3 rings (SSSR count). The van der Waals surface area contributed by atoms with E-state index in [9.17, 15) is 9.59 Å². The summed E-state index contributed by atoms with van der Waals surface area (Å²) in [6.07, 6.45) is 5.67. The molecule has 4 nitrogen and oxygen atoms in total. The third-order valence-electron chi connectivity index (χ3n) is 5.27. The molecule has 24 heavy (non-hydrogen) atoms. The van der Waals surface area contributed by atoms with E-state index in [4.69, 9.17) is 5.73 Å². The molecule has 1 aromatic carbocycles. The highest BCUT2D eigenvalue weighted by Gasteiger charge is 2.39. The van der Waals surface area contributed by atoms with Gasteiger partial charge in [-0.15, -0.1) is 11.8 Å². The zero-order valence-corrected chi connectivity index (χ0v) is 14.8. The minimum atomic E-state index is 0.0539. The van der Waals surface area contributed by atoms with Crippen LogP contribution in [0.5, 0.6) is 0 Å². The van der Waals surface area contributed by atoms with Crippen LogP contribution >= 0.6 is 11.8 Å². The van der Waals surface area contributed by atoms with Crippen molar-refractivity contribution < 1.29 is 9.59 Å². The molecule has 0 aromatic heterocycles.